The first kappa shape index (κ1) is 14.9. The zero-order valence-corrected chi connectivity index (χ0v) is 11.8. The predicted octanol–water partition coefficient (Wildman–Crippen LogP) is 3.19. The number of benzene rings is 1. The summed E-state index contributed by atoms with van der Waals surface area (Å²) in [5.74, 6) is 0. The first-order valence-corrected chi connectivity index (χ1v) is 6.84. The van der Waals surface area contributed by atoms with E-state index in [1.807, 2.05) is 6.08 Å². The van der Waals surface area contributed by atoms with Crippen molar-refractivity contribution in [2.24, 2.45) is 0 Å². The van der Waals surface area contributed by atoms with E-state index in [1.54, 1.807) is 0 Å². The van der Waals surface area contributed by atoms with Crippen LogP contribution in [0.2, 0.25) is 0 Å². The minimum Gasteiger partial charge on any atom is -0.313 e. The molecule has 0 aliphatic rings. The fourth-order valence-corrected chi connectivity index (χ4v) is 2.00. The highest BCUT2D eigenvalue weighted by Gasteiger charge is 2.01. The van der Waals surface area contributed by atoms with Crippen LogP contribution in [-0.2, 0) is 13.1 Å². The second-order valence-electron chi connectivity index (χ2n) is 4.77. The first-order chi connectivity index (χ1) is 8.76. The molecule has 0 atom stereocenters. The smallest absolute Gasteiger partial charge is 0.0230 e. The number of hydrogen-bond acceptors (Lipinski definition) is 2. The molecular weight excluding hydrogens is 220 g/mol. The molecule has 0 unspecified atom stereocenters. The van der Waals surface area contributed by atoms with Crippen LogP contribution >= 0.6 is 0 Å². The van der Waals surface area contributed by atoms with Gasteiger partial charge in [-0.25, -0.2) is 0 Å². The molecule has 1 aromatic carbocycles. The Kier molecular flexibility index (Phi) is 7.38. The van der Waals surface area contributed by atoms with E-state index >= 15 is 0 Å². The molecule has 0 spiro atoms. The summed E-state index contributed by atoms with van der Waals surface area (Å²) in [6.45, 7) is 10.0. The maximum atomic E-state index is 3.76. The molecule has 0 heterocycles. The van der Waals surface area contributed by atoms with E-state index in [0.717, 1.165) is 32.6 Å². The van der Waals surface area contributed by atoms with Crippen LogP contribution in [0, 0.1) is 0 Å². The van der Waals surface area contributed by atoms with Crippen LogP contribution in [0.1, 0.15) is 30.9 Å². The Morgan fingerprint density at radius 2 is 2.11 bits per heavy atom. The molecule has 100 valence electrons. The molecule has 0 amide bonds. The fraction of sp³-hybridized carbons (Fsp3) is 0.500. The van der Waals surface area contributed by atoms with Crippen molar-refractivity contribution in [3.05, 3.63) is 48.0 Å². The summed E-state index contributed by atoms with van der Waals surface area (Å²) in [7, 11) is 2.18. The number of hydrogen-bond donors (Lipinski definition) is 1. The van der Waals surface area contributed by atoms with Crippen molar-refractivity contribution in [1.29, 1.82) is 0 Å². The molecule has 0 saturated heterocycles. The molecule has 0 aliphatic heterocycles. The molecule has 2 heteroatoms. The van der Waals surface area contributed by atoms with Gasteiger partial charge in [-0.1, -0.05) is 37.3 Å². The number of unbranched alkanes of at least 4 members (excludes halogenated alkanes) is 1. The molecule has 0 bridgehead atoms. The predicted molar refractivity (Wildman–Crippen MR) is 79.6 cm³/mol. The summed E-state index contributed by atoms with van der Waals surface area (Å²) in [5, 5.41) is 3.36. The maximum Gasteiger partial charge on any atom is 0.0230 e. The van der Waals surface area contributed by atoms with Crippen molar-refractivity contribution in [3.8, 4) is 0 Å². The third-order valence-electron chi connectivity index (χ3n) is 2.97. The van der Waals surface area contributed by atoms with E-state index in [9.17, 15) is 0 Å². The maximum absolute atomic E-state index is 3.76. The van der Waals surface area contributed by atoms with Gasteiger partial charge < -0.3 is 10.2 Å². The van der Waals surface area contributed by atoms with E-state index < -0.39 is 0 Å². The van der Waals surface area contributed by atoms with Gasteiger partial charge >= 0.3 is 0 Å². The van der Waals surface area contributed by atoms with Gasteiger partial charge in [-0.05, 0) is 44.1 Å². The quantitative estimate of drug-likeness (QED) is 0.532. The molecule has 0 aliphatic carbocycles. The third-order valence-corrected chi connectivity index (χ3v) is 2.97. The Labute approximate surface area is 112 Å². The molecule has 0 radical (unpaired) electrons. The van der Waals surface area contributed by atoms with Crippen molar-refractivity contribution < 1.29 is 0 Å². The second kappa shape index (κ2) is 8.90. The van der Waals surface area contributed by atoms with Gasteiger partial charge in [-0.2, -0.15) is 0 Å². The lowest BCUT2D eigenvalue weighted by Crippen LogP contribution is -2.19. The highest BCUT2D eigenvalue weighted by Crippen LogP contribution is 2.08. The molecule has 0 fully saturated rings. The summed E-state index contributed by atoms with van der Waals surface area (Å²) >= 11 is 0. The lowest BCUT2D eigenvalue weighted by atomic mass is 10.1. The van der Waals surface area contributed by atoms with Gasteiger partial charge in [-0.15, -0.1) is 6.58 Å². The number of allylic oxidation sites excluding steroid dienone is 1. The van der Waals surface area contributed by atoms with Crippen LogP contribution in [0.4, 0.5) is 0 Å². The van der Waals surface area contributed by atoms with Gasteiger partial charge in [0.1, 0.15) is 0 Å². The van der Waals surface area contributed by atoms with E-state index in [4.69, 9.17) is 0 Å². The summed E-state index contributed by atoms with van der Waals surface area (Å²) in [5.41, 5.74) is 2.76. The minimum absolute atomic E-state index is 0.963. The molecule has 1 N–H and O–H groups in total. The minimum atomic E-state index is 0.963. The summed E-state index contributed by atoms with van der Waals surface area (Å²) in [6.07, 6.45) is 4.28. The standard InChI is InChI=1S/C16H26N2/c1-4-6-7-11-18(3)14-16-10-8-9-15(12-16)13-17-5-2/h4,8-10,12,17H,1,5-7,11,13-14H2,2-3H3. The Morgan fingerprint density at radius 1 is 1.33 bits per heavy atom. The Balaban J connectivity index is 2.42. The summed E-state index contributed by atoms with van der Waals surface area (Å²) < 4.78 is 0. The van der Waals surface area contributed by atoms with Crippen LogP contribution in [0.15, 0.2) is 36.9 Å². The zero-order valence-electron chi connectivity index (χ0n) is 11.8. The highest BCUT2D eigenvalue weighted by atomic mass is 15.1. The molecule has 2 nitrogen and oxygen atoms in total. The molecule has 18 heavy (non-hydrogen) atoms. The van der Waals surface area contributed by atoms with Crippen LogP contribution in [0.5, 0.6) is 0 Å². The Morgan fingerprint density at radius 3 is 2.83 bits per heavy atom. The largest absolute Gasteiger partial charge is 0.313 e. The topological polar surface area (TPSA) is 15.3 Å². The molecule has 1 aromatic rings. The van der Waals surface area contributed by atoms with Crippen LogP contribution in [0.25, 0.3) is 0 Å². The van der Waals surface area contributed by atoms with Crippen LogP contribution < -0.4 is 5.32 Å². The van der Waals surface area contributed by atoms with Gasteiger partial charge in [0.2, 0.25) is 0 Å². The van der Waals surface area contributed by atoms with Crippen molar-refractivity contribution in [3.63, 3.8) is 0 Å². The van der Waals surface area contributed by atoms with Gasteiger partial charge in [0.15, 0.2) is 0 Å². The summed E-state index contributed by atoms with van der Waals surface area (Å²) in [4.78, 5) is 2.37. The first-order valence-electron chi connectivity index (χ1n) is 6.84. The average molecular weight is 246 g/mol. The number of rotatable bonds is 9. The Hall–Kier alpha value is -1.12. The highest BCUT2D eigenvalue weighted by molar-refractivity contribution is 5.23. The van der Waals surface area contributed by atoms with Crippen molar-refractivity contribution in [1.82, 2.24) is 10.2 Å². The van der Waals surface area contributed by atoms with Crippen molar-refractivity contribution in [2.45, 2.75) is 32.9 Å². The molecule has 1 rings (SSSR count). The van der Waals surface area contributed by atoms with E-state index in [1.165, 1.54) is 17.5 Å². The molecule has 0 aromatic heterocycles. The van der Waals surface area contributed by atoms with Crippen molar-refractivity contribution in [2.75, 3.05) is 20.1 Å². The third kappa shape index (κ3) is 5.99. The van der Waals surface area contributed by atoms with Gasteiger partial charge in [0, 0.05) is 13.1 Å². The van der Waals surface area contributed by atoms with E-state index in [0.29, 0.717) is 0 Å². The SMILES string of the molecule is C=CCCCN(C)Cc1cccc(CNCC)c1. The lowest BCUT2D eigenvalue weighted by molar-refractivity contribution is 0.323. The van der Waals surface area contributed by atoms with Crippen LogP contribution in [-0.4, -0.2) is 25.0 Å². The van der Waals surface area contributed by atoms with Gasteiger partial charge in [-0.3, -0.25) is 0 Å². The van der Waals surface area contributed by atoms with E-state index in [-0.39, 0.29) is 0 Å². The Bertz CT molecular complexity index is 347. The molecular formula is C16H26N2. The number of nitrogens with one attached hydrogen (secondary N) is 1. The number of nitrogens with zero attached hydrogens (tertiary/aromatic N) is 1. The molecule has 0 saturated carbocycles. The average Bonchev–Trinajstić information content (AvgIpc) is 2.37. The van der Waals surface area contributed by atoms with Crippen molar-refractivity contribution >= 4 is 0 Å². The van der Waals surface area contributed by atoms with Crippen LogP contribution in [0.3, 0.4) is 0 Å². The lowest BCUT2D eigenvalue weighted by Gasteiger charge is -2.16. The van der Waals surface area contributed by atoms with Gasteiger partial charge in [0.25, 0.3) is 0 Å². The zero-order chi connectivity index (χ0) is 13.2. The fourth-order valence-electron chi connectivity index (χ4n) is 2.00. The summed E-state index contributed by atoms with van der Waals surface area (Å²) in [6, 6.07) is 8.84. The van der Waals surface area contributed by atoms with Gasteiger partial charge in [0.05, 0.1) is 0 Å². The monoisotopic (exact) mass is 246 g/mol. The normalized spacial score (nSPS) is 10.8. The second-order valence-corrected chi connectivity index (χ2v) is 4.77. The van der Waals surface area contributed by atoms with E-state index in [2.05, 4.69) is 55.0 Å².